The van der Waals surface area contributed by atoms with E-state index in [1.165, 1.54) is 18.2 Å². The Morgan fingerprint density at radius 3 is 2.26 bits per heavy atom. The highest BCUT2D eigenvalue weighted by Crippen LogP contribution is 2.20. The molecule has 0 fully saturated rings. The summed E-state index contributed by atoms with van der Waals surface area (Å²) in [6.45, 7) is -0.756. The number of nitrogens with two attached hydrogens (primary N) is 1. The number of amides is 1. The number of ether oxygens (including phenoxy) is 1. The van der Waals surface area contributed by atoms with Gasteiger partial charge in [-0.15, -0.1) is 0 Å². The number of carbonyl (C=O) groups is 2. The largest absolute Gasteiger partial charge is 0.493 e. The normalized spacial score (nSPS) is 10.9. The monoisotopic (exact) mass is 438 g/mol. The van der Waals surface area contributed by atoms with Gasteiger partial charge in [0.25, 0.3) is 5.91 Å². The lowest BCUT2D eigenvalue weighted by molar-refractivity contribution is -0.229. The fraction of sp³-hybridized carbons (Fsp3) is 0.250. The van der Waals surface area contributed by atoms with Gasteiger partial charge in [0.1, 0.15) is 18.2 Å². The number of hydroxylamine groups is 2. The van der Waals surface area contributed by atoms with Crippen molar-refractivity contribution in [2.24, 2.45) is 5.73 Å². The van der Waals surface area contributed by atoms with Gasteiger partial charge in [0.15, 0.2) is 0 Å². The molecule has 0 spiro atoms. The maximum atomic E-state index is 12.6. The first kappa shape index (κ1) is 23.5. The standard InChI is InChI=1S/C20H21F3N4O4/c1-26(2)15-8-6-13(7-9-15)18(28)27(31-19(29)20(21,22)23)10-11-30-16-5-3-4-14(12-16)17(24)25/h3-9,12H,10-11H2,1-2H3,(H3,24,25). The maximum Gasteiger partial charge on any atom is 0.493 e. The smallest absolute Gasteiger partial charge is 0.492 e. The molecule has 0 aliphatic rings. The number of anilines is 1. The molecule has 0 aliphatic heterocycles. The number of alkyl halides is 3. The van der Waals surface area contributed by atoms with Gasteiger partial charge in [-0.25, -0.2) is 4.79 Å². The molecule has 0 heterocycles. The minimum atomic E-state index is -5.27. The number of carbonyl (C=O) groups excluding carboxylic acids is 2. The third-order valence-electron chi connectivity index (χ3n) is 3.99. The number of hydrogen-bond donors (Lipinski definition) is 2. The van der Waals surface area contributed by atoms with Gasteiger partial charge >= 0.3 is 12.1 Å². The lowest BCUT2D eigenvalue weighted by Gasteiger charge is -2.22. The van der Waals surface area contributed by atoms with Gasteiger partial charge in [-0.05, 0) is 36.4 Å². The fourth-order valence-electron chi connectivity index (χ4n) is 2.39. The highest BCUT2D eigenvalue weighted by Gasteiger charge is 2.43. The quantitative estimate of drug-likeness (QED) is 0.391. The molecule has 0 radical (unpaired) electrons. The Bertz CT molecular complexity index is 946. The van der Waals surface area contributed by atoms with E-state index < -0.39 is 24.6 Å². The van der Waals surface area contributed by atoms with Crippen LogP contribution in [0.25, 0.3) is 0 Å². The maximum absolute atomic E-state index is 12.6. The second kappa shape index (κ2) is 9.83. The zero-order valence-electron chi connectivity index (χ0n) is 16.8. The molecule has 0 atom stereocenters. The number of nitrogen functional groups attached to an aromatic ring is 1. The van der Waals surface area contributed by atoms with Crippen molar-refractivity contribution in [2.45, 2.75) is 6.18 Å². The molecule has 31 heavy (non-hydrogen) atoms. The Labute approximate surface area is 176 Å². The summed E-state index contributed by atoms with van der Waals surface area (Å²) < 4.78 is 43.3. The summed E-state index contributed by atoms with van der Waals surface area (Å²) in [7, 11) is 3.57. The van der Waals surface area contributed by atoms with Crippen LogP contribution in [0.1, 0.15) is 15.9 Å². The van der Waals surface area contributed by atoms with Crippen LogP contribution in [0.3, 0.4) is 0 Å². The van der Waals surface area contributed by atoms with Crippen molar-refractivity contribution in [1.29, 1.82) is 5.41 Å². The first-order chi connectivity index (χ1) is 14.5. The predicted molar refractivity (Wildman–Crippen MR) is 107 cm³/mol. The van der Waals surface area contributed by atoms with Crippen LogP contribution in [0.4, 0.5) is 18.9 Å². The van der Waals surface area contributed by atoms with Crippen LogP contribution in [0, 0.1) is 5.41 Å². The molecule has 11 heteroatoms. The number of amidine groups is 1. The highest BCUT2D eigenvalue weighted by molar-refractivity contribution is 5.95. The van der Waals surface area contributed by atoms with Crippen LogP contribution in [-0.4, -0.2) is 56.2 Å². The second-order valence-electron chi connectivity index (χ2n) is 6.52. The molecule has 0 bridgehead atoms. The van der Waals surface area contributed by atoms with Crippen molar-refractivity contribution in [3.05, 3.63) is 59.7 Å². The summed E-state index contributed by atoms with van der Waals surface area (Å²) in [4.78, 5) is 30.0. The van der Waals surface area contributed by atoms with Crippen molar-refractivity contribution in [1.82, 2.24) is 5.06 Å². The Balaban J connectivity index is 2.14. The van der Waals surface area contributed by atoms with Crippen LogP contribution >= 0.6 is 0 Å². The molecule has 2 rings (SSSR count). The highest BCUT2D eigenvalue weighted by atomic mass is 19.4. The summed E-state index contributed by atoms with van der Waals surface area (Å²) in [5.41, 5.74) is 6.58. The van der Waals surface area contributed by atoms with E-state index in [4.69, 9.17) is 15.9 Å². The molecule has 0 unspecified atom stereocenters. The molecular weight excluding hydrogens is 417 g/mol. The summed E-state index contributed by atoms with van der Waals surface area (Å²) in [6, 6.07) is 12.2. The summed E-state index contributed by atoms with van der Waals surface area (Å²) >= 11 is 0. The Hall–Kier alpha value is -3.76. The molecule has 2 aromatic rings. The Morgan fingerprint density at radius 1 is 1.06 bits per heavy atom. The van der Waals surface area contributed by atoms with Crippen LogP contribution in [0.2, 0.25) is 0 Å². The van der Waals surface area contributed by atoms with Gasteiger partial charge < -0.3 is 20.2 Å². The molecule has 1 amide bonds. The van der Waals surface area contributed by atoms with Crippen molar-refractivity contribution in [3.63, 3.8) is 0 Å². The van der Waals surface area contributed by atoms with Gasteiger partial charge in [-0.2, -0.15) is 18.2 Å². The van der Waals surface area contributed by atoms with E-state index in [1.54, 1.807) is 49.3 Å². The third-order valence-corrected chi connectivity index (χ3v) is 3.99. The second-order valence-corrected chi connectivity index (χ2v) is 6.52. The van der Waals surface area contributed by atoms with E-state index in [1.807, 2.05) is 0 Å². The number of nitrogens with zero attached hydrogens (tertiary/aromatic N) is 2. The summed E-state index contributed by atoms with van der Waals surface area (Å²) in [6.07, 6.45) is -5.27. The molecule has 166 valence electrons. The number of halogens is 3. The predicted octanol–water partition coefficient (Wildman–Crippen LogP) is 2.58. The lowest BCUT2D eigenvalue weighted by Crippen LogP contribution is -2.40. The molecule has 2 aromatic carbocycles. The van der Waals surface area contributed by atoms with Crippen molar-refractivity contribution in [3.8, 4) is 5.75 Å². The Kier molecular flexibility index (Phi) is 7.46. The van der Waals surface area contributed by atoms with E-state index in [2.05, 4.69) is 4.84 Å². The van der Waals surface area contributed by atoms with E-state index in [0.29, 0.717) is 10.6 Å². The van der Waals surface area contributed by atoms with E-state index in [-0.39, 0.29) is 23.8 Å². The van der Waals surface area contributed by atoms with Crippen LogP contribution in [0.5, 0.6) is 5.75 Å². The van der Waals surface area contributed by atoms with Crippen LogP contribution in [0.15, 0.2) is 48.5 Å². The molecule has 0 aromatic heterocycles. The average Bonchev–Trinajstić information content (AvgIpc) is 2.72. The van der Waals surface area contributed by atoms with Crippen molar-refractivity contribution in [2.75, 3.05) is 32.1 Å². The van der Waals surface area contributed by atoms with E-state index >= 15 is 0 Å². The molecule has 3 N–H and O–H groups in total. The van der Waals surface area contributed by atoms with Gasteiger partial charge in [0.2, 0.25) is 0 Å². The molecule has 0 aliphatic carbocycles. The summed E-state index contributed by atoms with van der Waals surface area (Å²) in [5, 5.41) is 7.71. The summed E-state index contributed by atoms with van der Waals surface area (Å²) in [5.74, 6) is -3.38. The van der Waals surface area contributed by atoms with Gasteiger partial charge in [0, 0.05) is 30.9 Å². The lowest BCUT2D eigenvalue weighted by atomic mass is 10.2. The SMILES string of the molecule is CN(C)c1ccc(C(=O)N(CCOc2cccc(C(=N)N)c2)OC(=O)C(F)(F)F)cc1. The average molecular weight is 438 g/mol. The number of benzene rings is 2. The number of rotatable bonds is 7. The minimum absolute atomic E-state index is 0.0270. The van der Waals surface area contributed by atoms with Crippen LogP contribution < -0.4 is 15.4 Å². The van der Waals surface area contributed by atoms with Gasteiger partial charge in [0.05, 0.1) is 6.54 Å². The zero-order valence-corrected chi connectivity index (χ0v) is 16.8. The third kappa shape index (κ3) is 6.63. The van der Waals surface area contributed by atoms with E-state index in [0.717, 1.165) is 5.69 Å². The molecule has 0 saturated carbocycles. The van der Waals surface area contributed by atoms with Crippen molar-refractivity contribution < 1.29 is 32.3 Å². The van der Waals surface area contributed by atoms with Gasteiger partial charge in [-0.3, -0.25) is 10.2 Å². The molecule has 8 nitrogen and oxygen atoms in total. The van der Waals surface area contributed by atoms with Gasteiger partial charge in [-0.1, -0.05) is 12.1 Å². The molecular formula is C20H21F3N4O4. The van der Waals surface area contributed by atoms with Crippen LogP contribution in [-0.2, 0) is 9.63 Å². The first-order valence-electron chi connectivity index (χ1n) is 8.94. The van der Waals surface area contributed by atoms with Crippen molar-refractivity contribution >= 4 is 23.4 Å². The molecule has 0 saturated heterocycles. The fourth-order valence-corrected chi connectivity index (χ4v) is 2.39. The first-order valence-corrected chi connectivity index (χ1v) is 8.94. The zero-order chi connectivity index (χ0) is 23.2. The minimum Gasteiger partial charge on any atom is -0.492 e. The Morgan fingerprint density at radius 2 is 1.71 bits per heavy atom. The van der Waals surface area contributed by atoms with E-state index in [9.17, 15) is 22.8 Å². The topological polar surface area (TPSA) is 109 Å². The number of nitrogens with one attached hydrogen (secondary N) is 1. The number of hydrogen-bond acceptors (Lipinski definition) is 6.